The Hall–Kier alpha value is -3.48. The molecule has 1 atom stereocenters. The van der Waals surface area contributed by atoms with Crippen molar-refractivity contribution in [2.75, 3.05) is 0 Å². The zero-order valence-corrected chi connectivity index (χ0v) is 14.8. The van der Waals surface area contributed by atoms with E-state index in [-0.39, 0.29) is 36.0 Å². The molecule has 6 nitrogen and oxygen atoms in total. The summed E-state index contributed by atoms with van der Waals surface area (Å²) in [5.74, 6) is -0.543. The molecule has 1 aliphatic rings. The number of amides is 1. The number of pyridine rings is 1. The van der Waals surface area contributed by atoms with Gasteiger partial charge in [-0.25, -0.2) is 4.39 Å². The molecular weight excluding hydrogens is 363 g/mol. The molecule has 0 spiro atoms. The number of rotatable bonds is 4. The van der Waals surface area contributed by atoms with E-state index >= 15 is 0 Å². The van der Waals surface area contributed by atoms with Crippen molar-refractivity contribution in [3.8, 4) is 0 Å². The molecule has 4 rings (SSSR count). The highest BCUT2D eigenvalue weighted by atomic mass is 19.1. The molecule has 2 aromatic heterocycles. The molecule has 0 saturated heterocycles. The van der Waals surface area contributed by atoms with Gasteiger partial charge in [-0.3, -0.25) is 14.4 Å². The van der Waals surface area contributed by atoms with E-state index in [1.54, 1.807) is 30.5 Å². The van der Waals surface area contributed by atoms with Gasteiger partial charge in [-0.15, -0.1) is 0 Å². The van der Waals surface area contributed by atoms with Crippen LogP contribution in [0, 0.1) is 5.82 Å². The van der Waals surface area contributed by atoms with Crippen LogP contribution in [0.15, 0.2) is 57.9 Å². The number of carbonyl (C=O) groups is 2. The standard InChI is InChI=1S/C21H17FN2O4/c22-14-5-3-12(4-6-14)11-23-20(26)16-10-15-17(24-21(16)27)8-13(9-18(15)25)19-2-1-7-28-19/h1-7,10,13H,8-9,11H2,(H,23,26)(H,24,27). The van der Waals surface area contributed by atoms with Gasteiger partial charge in [-0.1, -0.05) is 12.1 Å². The summed E-state index contributed by atoms with van der Waals surface area (Å²) in [5, 5.41) is 2.62. The Morgan fingerprint density at radius 3 is 2.68 bits per heavy atom. The number of Topliss-reactive ketones (excluding diaryl/α,β-unsaturated/α-hetero) is 1. The molecule has 2 N–H and O–H groups in total. The van der Waals surface area contributed by atoms with E-state index in [2.05, 4.69) is 10.3 Å². The van der Waals surface area contributed by atoms with Crippen molar-refractivity contribution in [3.05, 3.63) is 93.0 Å². The first-order valence-corrected chi connectivity index (χ1v) is 8.86. The van der Waals surface area contributed by atoms with Gasteiger partial charge in [0, 0.05) is 30.1 Å². The van der Waals surface area contributed by atoms with Crippen molar-refractivity contribution in [3.63, 3.8) is 0 Å². The van der Waals surface area contributed by atoms with Crippen molar-refractivity contribution in [1.29, 1.82) is 0 Å². The second kappa shape index (κ2) is 7.26. The zero-order valence-electron chi connectivity index (χ0n) is 14.8. The number of aromatic amines is 1. The Labute approximate surface area is 159 Å². The van der Waals surface area contributed by atoms with Gasteiger partial charge in [0.05, 0.1) is 6.26 Å². The van der Waals surface area contributed by atoms with Crippen LogP contribution in [-0.4, -0.2) is 16.7 Å². The number of nitrogens with one attached hydrogen (secondary N) is 2. The lowest BCUT2D eigenvalue weighted by molar-refractivity contribution is 0.0949. The molecule has 1 unspecified atom stereocenters. The molecule has 0 aliphatic heterocycles. The third-order valence-corrected chi connectivity index (χ3v) is 4.86. The largest absolute Gasteiger partial charge is 0.469 e. The number of aromatic nitrogens is 1. The van der Waals surface area contributed by atoms with Crippen LogP contribution in [0.3, 0.4) is 0 Å². The summed E-state index contributed by atoms with van der Waals surface area (Å²) in [7, 11) is 0. The molecule has 1 aliphatic carbocycles. The fourth-order valence-corrected chi connectivity index (χ4v) is 3.40. The summed E-state index contributed by atoms with van der Waals surface area (Å²) in [5.41, 5.74) is 0.891. The van der Waals surface area contributed by atoms with Gasteiger partial charge in [0.25, 0.3) is 11.5 Å². The summed E-state index contributed by atoms with van der Waals surface area (Å²) in [6.07, 6.45) is 2.26. The molecule has 0 radical (unpaired) electrons. The Balaban J connectivity index is 1.54. The highest BCUT2D eigenvalue weighted by molar-refractivity contribution is 6.02. The van der Waals surface area contributed by atoms with Crippen LogP contribution < -0.4 is 10.9 Å². The number of benzene rings is 1. The molecule has 0 fully saturated rings. The fourth-order valence-electron chi connectivity index (χ4n) is 3.40. The lowest BCUT2D eigenvalue weighted by Gasteiger charge is -2.22. The minimum atomic E-state index is -0.589. The zero-order chi connectivity index (χ0) is 19.7. The van der Waals surface area contributed by atoms with Crippen LogP contribution >= 0.6 is 0 Å². The van der Waals surface area contributed by atoms with Gasteiger partial charge in [-0.2, -0.15) is 0 Å². The summed E-state index contributed by atoms with van der Waals surface area (Å²) >= 11 is 0. The van der Waals surface area contributed by atoms with Crippen molar-refractivity contribution in [1.82, 2.24) is 10.3 Å². The predicted molar refractivity (Wildman–Crippen MR) is 98.7 cm³/mol. The summed E-state index contributed by atoms with van der Waals surface area (Å²) in [6, 6.07) is 10.6. The number of halogens is 1. The maximum atomic E-state index is 12.9. The topological polar surface area (TPSA) is 92.2 Å². The van der Waals surface area contributed by atoms with Crippen molar-refractivity contribution < 1.29 is 18.4 Å². The average Bonchev–Trinajstić information content (AvgIpc) is 3.21. The fraction of sp³-hybridized carbons (Fsp3) is 0.190. The van der Waals surface area contributed by atoms with E-state index in [1.807, 2.05) is 0 Å². The predicted octanol–water partition coefficient (Wildman–Crippen LogP) is 2.95. The minimum absolute atomic E-state index is 0.120. The van der Waals surface area contributed by atoms with Crippen LogP contribution in [0.4, 0.5) is 4.39 Å². The summed E-state index contributed by atoms with van der Waals surface area (Å²) < 4.78 is 18.3. The Kier molecular flexibility index (Phi) is 4.65. The van der Waals surface area contributed by atoms with Gasteiger partial charge < -0.3 is 14.7 Å². The van der Waals surface area contributed by atoms with E-state index in [0.717, 1.165) is 0 Å². The molecule has 1 aromatic carbocycles. The third kappa shape index (κ3) is 3.51. The number of H-pyrrole nitrogens is 1. The normalized spacial score (nSPS) is 15.9. The smallest absolute Gasteiger partial charge is 0.261 e. The molecule has 28 heavy (non-hydrogen) atoms. The Bertz CT molecular complexity index is 1080. The molecule has 7 heteroatoms. The maximum absolute atomic E-state index is 12.9. The Morgan fingerprint density at radius 2 is 1.96 bits per heavy atom. The number of furan rings is 1. The van der Waals surface area contributed by atoms with E-state index in [4.69, 9.17) is 4.42 Å². The highest BCUT2D eigenvalue weighted by Crippen LogP contribution is 2.31. The van der Waals surface area contributed by atoms with Crippen molar-refractivity contribution in [2.45, 2.75) is 25.3 Å². The van der Waals surface area contributed by atoms with Crippen molar-refractivity contribution >= 4 is 11.7 Å². The second-order valence-electron chi connectivity index (χ2n) is 6.76. The number of ketones is 1. The van der Waals surface area contributed by atoms with Gasteiger partial charge in [0.1, 0.15) is 17.1 Å². The van der Waals surface area contributed by atoms with Crippen LogP contribution in [-0.2, 0) is 13.0 Å². The first-order chi connectivity index (χ1) is 13.5. The van der Waals surface area contributed by atoms with Crippen molar-refractivity contribution in [2.24, 2.45) is 0 Å². The van der Waals surface area contributed by atoms with Crippen LogP contribution in [0.25, 0.3) is 0 Å². The average molecular weight is 380 g/mol. The molecule has 3 aromatic rings. The first kappa shape index (κ1) is 17.9. The lowest BCUT2D eigenvalue weighted by Crippen LogP contribution is -2.32. The van der Waals surface area contributed by atoms with Gasteiger partial charge in [-0.05, 0) is 42.3 Å². The minimum Gasteiger partial charge on any atom is -0.469 e. The van der Waals surface area contributed by atoms with E-state index < -0.39 is 11.5 Å². The Morgan fingerprint density at radius 1 is 1.18 bits per heavy atom. The highest BCUT2D eigenvalue weighted by Gasteiger charge is 2.30. The molecule has 2 heterocycles. The quantitative estimate of drug-likeness (QED) is 0.728. The molecule has 1 amide bonds. The van der Waals surface area contributed by atoms with Crippen LogP contribution in [0.1, 0.15) is 50.1 Å². The molecule has 0 bridgehead atoms. The second-order valence-corrected chi connectivity index (χ2v) is 6.76. The third-order valence-electron chi connectivity index (χ3n) is 4.86. The first-order valence-electron chi connectivity index (χ1n) is 8.86. The maximum Gasteiger partial charge on any atom is 0.261 e. The van der Waals surface area contributed by atoms with Gasteiger partial charge >= 0.3 is 0 Å². The van der Waals surface area contributed by atoms with E-state index in [0.29, 0.717) is 29.0 Å². The van der Waals surface area contributed by atoms with Crippen LogP contribution in [0.2, 0.25) is 0 Å². The van der Waals surface area contributed by atoms with E-state index in [9.17, 15) is 18.8 Å². The summed E-state index contributed by atoms with van der Waals surface area (Å²) in [6.45, 7) is 0.143. The molecule has 0 saturated carbocycles. The number of fused-ring (bicyclic) bond motifs is 1. The molecular formula is C21H17FN2O4. The van der Waals surface area contributed by atoms with Gasteiger partial charge in [0.15, 0.2) is 5.78 Å². The van der Waals surface area contributed by atoms with Crippen LogP contribution in [0.5, 0.6) is 0 Å². The monoisotopic (exact) mass is 380 g/mol. The summed E-state index contributed by atoms with van der Waals surface area (Å²) in [4.78, 5) is 40.0. The number of hydrogen-bond donors (Lipinski definition) is 2. The number of hydrogen-bond acceptors (Lipinski definition) is 4. The molecule has 142 valence electrons. The SMILES string of the molecule is O=C1CC(c2ccco2)Cc2[nH]c(=O)c(C(=O)NCc3ccc(F)cc3)cc21. The van der Waals surface area contributed by atoms with E-state index in [1.165, 1.54) is 18.2 Å². The lowest BCUT2D eigenvalue weighted by atomic mass is 9.84. The number of carbonyl (C=O) groups excluding carboxylic acids is 2. The van der Waals surface area contributed by atoms with Gasteiger partial charge in [0.2, 0.25) is 0 Å².